The first-order valence-corrected chi connectivity index (χ1v) is 11.7. The van der Waals surface area contributed by atoms with Crippen molar-refractivity contribution in [3.63, 3.8) is 0 Å². The SMILES string of the molecule is CC(C)=CCCC(C)=CCCC=CCCC=C(C)CCC=C(C)CCC=C(C)C. The zero-order valence-electron chi connectivity index (χ0n) is 20.6. The minimum absolute atomic E-state index is 1.16. The first kappa shape index (κ1) is 27.4. The Balaban J connectivity index is 3.87. The van der Waals surface area contributed by atoms with Gasteiger partial charge in [0, 0.05) is 0 Å². The summed E-state index contributed by atoms with van der Waals surface area (Å²) in [6.07, 6.45) is 28.4. The Labute approximate surface area is 183 Å². The van der Waals surface area contributed by atoms with Gasteiger partial charge in [0.15, 0.2) is 0 Å². The molecule has 0 heteroatoms. The van der Waals surface area contributed by atoms with E-state index >= 15 is 0 Å². The molecule has 0 nitrogen and oxygen atoms in total. The smallest absolute Gasteiger partial charge is 0.0288 e. The van der Waals surface area contributed by atoms with Gasteiger partial charge in [0.25, 0.3) is 0 Å². The van der Waals surface area contributed by atoms with Crippen LogP contribution in [0.5, 0.6) is 0 Å². The first-order valence-electron chi connectivity index (χ1n) is 11.7. The van der Waals surface area contributed by atoms with Gasteiger partial charge in [-0.15, -0.1) is 0 Å². The van der Waals surface area contributed by atoms with Gasteiger partial charge >= 0.3 is 0 Å². The Morgan fingerprint density at radius 3 is 1.03 bits per heavy atom. The highest BCUT2D eigenvalue weighted by Crippen LogP contribution is 2.13. The molecule has 0 aromatic carbocycles. The molecule has 29 heavy (non-hydrogen) atoms. The lowest BCUT2D eigenvalue weighted by Crippen LogP contribution is -1.81. The molecule has 0 bridgehead atoms. The summed E-state index contributed by atoms with van der Waals surface area (Å²) in [4.78, 5) is 0. The Kier molecular flexibility index (Phi) is 17.5. The molecule has 0 unspecified atom stereocenters. The van der Waals surface area contributed by atoms with Crippen molar-refractivity contribution < 1.29 is 0 Å². The molecule has 0 aliphatic carbocycles. The van der Waals surface area contributed by atoms with E-state index in [1.165, 1.54) is 85.7 Å². The molecule has 0 aromatic heterocycles. The molecule has 0 aliphatic rings. The number of unbranched alkanes of at least 4 members (excludes halogenated alkanes) is 2. The highest BCUT2D eigenvalue weighted by molar-refractivity contribution is 5.06. The van der Waals surface area contributed by atoms with E-state index in [4.69, 9.17) is 0 Å². The van der Waals surface area contributed by atoms with Gasteiger partial charge in [0.1, 0.15) is 0 Å². The molecule has 0 amide bonds. The van der Waals surface area contributed by atoms with E-state index in [-0.39, 0.29) is 0 Å². The topological polar surface area (TPSA) is 0 Å². The van der Waals surface area contributed by atoms with Gasteiger partial charge in [-0.3, -0.25) is 0 Å². The van der Waals surface area contributed by atoms with Crippen LogP contribution in [0.2, 0.25) is 0 Å². The van der Waals surface area contributed by atoms with Crippen molar-refractivity contribution in [1.29, 1.82) is 0 Å². The summed E-state index contributed by atoms with van der Waals surface area (Å²) in [6, 6.07) is 0. The van der Waals surface area contributed by atoms with E-state index in [2.05, 4.69) is 91.0 Å². The summed E-state index contributed by atoms with van der Waals surface area (Å²) in [5.41, 5.74) is 7.43. The van der Waals surface area contributed by atoms with Gasteiger partial charge in [-0.1, -0.05) is 70.4 Å². The molecule has 0 radical (unpaired) electrons. The fourth-order valence-electron chi connectivity index (χ4n) is 3.12. The Morgan fingerprint density at radius 2 is 0.690 bits per heavy atom. The molecule has 0 saturated heterocycles. The van der Waals surface area contributed by atoms with Crippen LogP contribution in [0.1, 0.15) is 113 Å². The van der Waals surface area contributed by atoms with E-state index in [1.807, 2.05) is 0 Å². The lowest BCUT2D eigenvalue weighted by molar-refractivity contribution is 0.906. The maximum atomic E-state index is 2.42. The monoisotopic (exact) mass is 396 g/mol. The fourth-order valence-corrected chi connectivity index (χ4v) is 3.12. The second-order valence-electron chi connectivity index (χ2n) is 8.96. The van der Waals surface area contributed by atoms with Crippen molar-refractivity contribution in [2.75, 3.05) is 0 Å². The quantitative estimate of drug-likeness (QED) is 0.191. The van der Waals surface area contributed by atoms with Gasteiger partial charge in [-0.05, 0) is 113 Å². The molecular formula is C29H48. The minimum atomic E-state index is 1.16. The van der Waals surface area contributed by atoms with Crippen LogP contribution in [-0.4, -0.2) is 0 Å². The zero-order valence-corrected chi connectivity index (χ0v) is 20.6. The summed E-state index contributed by atoms with van der Waals surface area (Å²) in [5, 5.41) is 0. The Morgan fingerprint density at radius 1 is 0.379 bits per heavy atom. The summed E-state index contributed by atoms with van der Waals surface area (Å²) in [7, 11) is 0. The van der Waals surface area contributed by atoms with Crippen LogP contribution in [-0.2, 0) is 0 Å². The highest BCUT2D eigenvalue weighted by Gasteiger charge is 1.92. The predicted molar refractivity (Wildman–Crippen MR) is 135 cm³/mol. The van der Waals surface area contributed by atoms with E-state index < -0.39 is 0 Å². The normalized spacial score (nSPS) is 13.1. The summed E-state index contributed by atoms with van der Waals surface area (Å²) < 4.78 is 0. The van der Waals surface area contributed by atoms with Gasteiger partial charge < -0.3 is 0 Å². The van der Waals surface area contributed by atoms with Crippen LogP contribution in [0.15, 0.2) is 70.4 Å². The van der Waals surface area contributed by atoms with E-state index in [0.29, 0.717) is 0 Å². The fraction of sp³-hybridized carbons (Fsp3) is 0.586. The average Bonchev–Trinajstić information content (AvgIpc) is 2.63. The average molecular weight is 397 g/mol. The molecule has 0 heterocycles. The zero-order chi connectivity index (χ0) is 21.9. The number of hydrogen-bond acceptors (Lipinski definition) is 0. The second kappa shape index (κ2) is 18.5. The molecule has 0 rings (SSSR count). The molecule has 0 N–H and O–H groups in total. The largest absolute Gasteiger partial charge is 0.0882 e. The van der Waals surface area contributed by atoms with Crippen LogP contribution in [0.3, 0.4) is 0 Å². The lowest BCUT2D eigenvalue weighted by atomic mass is 10.1. The highest BCUT2D eigenvalue weighted by atomic mass is 14.0. The maximum absolute atomic E-state index is 2.42. The molecule has 0 aliphatic heterocycles. The van der Waals surface area contributed by atoms with Crippen molar-refractivity contribution in [3.8, 4) is 0 Å². The number of rotatable bonds is 15. The van der Waals surface area contributed by atoms with Crippen LogP contribution in [0, 0.1) is 0 Å². The standard InChI is InChI=1S/C29H48/c1-25(2)17-14-21-27(5)19-12-10-8-9-11-13-20-28(6)23-16-24-29(7)22-15-18-26(3)4/h8-9,17-20,24H,10-16,21-23H2,1-7H3. The summed E-state index contributed by atoms with van der Waals surface area (Å²) in [6.45, 7) is 15.5. The van der Waals surface area contributed by atoms with Gasteiger partial charge in [-0.25, -0.2) is 0 Å². The summed E-state index contributed by atoms with van der Waals surface area (Å²) in [5.74, 6) is 0. The maximum Gasteiger partial charge on any atom is -0.0288 e. The van der Waals surface area contributed by atoms with Crippen LogP contribution < -0.4 is 0 Å². The van der Waals surface area contributed by atoms with E-state index in [1.54, 1.807) is 0 Å². The van der Waals surface area contributed by atoms with Crippen molar-refractivity contribution in [1.82, 2.24) is 0 Å². The Bertz CT molecular complexity index is 594. The lowest BCUT2D eigenvalue weighted by Gasteiger charge is -2.01. The minimum Gasteiger partial charge on any atom is -0.0882 e. The Hall–Kier alpha value is -1.56. The van der Waals surface area contributed by atoms with Crippen LogP contribution in [0.4, 0.5) is 0 Å². The van der Waals surface area contributed by atoms with Crippen molar-refractivity contribution in [2.45, 2.75) is 113 Å². The van der Waals surface area contributed by atoms with Gasteiger partial charge in [0.2, 0.25) is 0 Å². The van der Waals surface area contributed by atoms with E-state index in [0.717, 1.165) is 6.42 Å². The molecule has 0 aromatic rings. The molecule has 0 fully saturated rings. The molecule has 164 valence electrons. The van der Waals surface area contributed by atoms with Gasteiger partial charge in [0.05, 0.1) is 0 Å². The molecular weight excluding hydrogens is 348 g/mol. The van der Waals surface area contributed by atoms with Crippen molar-refractivity contribution in [2.24, 2.45) is 0 Å². The van der Waals surface area contributed by atoms with Crippen LogP contribution >= 0.6 is 0 Å². The van der Waals surface area contributed by atoms with E-state index in [9.17, 15) is 0 Å². The summed E-state index contributed by atoms with van der Waals surface area (Å²) >= 11 is 0. The van der Waals surface area contributed by atoms with Crippen molar-refractivity contribution in [3.05, 3.63) is 70.4 Å². The third-order valence-corrected chi connectivity index (χ3v) is 5.03. The third kappa shape index (κ3) is 21.0. The van der Waals surface area contributed by atoms with Crippen LogP contribution in [0.25, 0.3) is 0 Å². The second-order valence-corrected chi connectivity index (χ2v) is 8.96. The first-order chi connectivity index (χ1) is 13.8. The van der Waals surface area contributed by atoms with Gasteiger partial charge in [-0.2, -0.15) is 0 Å². The number of hydrogen-bond donors (Lipinski definition) is 0. The van der Waals surface area contributed by atoms with Crippen molar-refractivity contribution >= 4 is 0 Å². The molecule has 0 spiro atoms. The predicted octanol–water partition coefficient (Wildman–Crippen LogP) is 10.2. The number of allylic oxidation sites excluding steroid dienone is 12. The third-order valence-electron chi connectivity index (χ3n) is 5.03. The molecule has 0 saturated carbocycles. The molecule has 0 atom stereocenters.